The average molecular weight is 193 g/mol. The molecule has 76 valence electrons. The fourth-order valence-electron chi connectivity index (χ4n) is 1.48. The van der Waals surface area contributed by atoms with Gasteiger partial charge in [-0.3, -0.25) is 0 Å². The fraction of sp³-hybridized carbons (Fsp3) is 0.500. The van der Waals surface area contributed by atoms with Crippen molar-refractivity contribution in [3.8, 4) is 0 Å². The van der Waals surface area contributed by atoms with Crippen molar-refractivity contribution in [3.63, 3.8) is 0 Å². The van der Waals surface area contributed by atoms with Gasteiger partial charge in [0.15, 0.2) is 0 Å². The first-order valence-corrected chi connectivity index (χ1v) is 4.82. The lowest BCUT2D eigenvalue weighted by atomic mass is 10.2. The van der Waals surface area contributed by atoms with Gasteiger partial charge in [0, 0.05) is 24.6 Å². The predicted octanol–water partition coefficient (Wildman–Crippen LogP) is 1.17. The number of nitrogens with one attached hydrogen (secondary N) is 1. The number of nitrogens with zero attached hydrogens (tertiary/aromatic N) is 1. The van der Waals surface area contributed by atoms with E-state index in [4.69, 9.17) is 10.5 Å². The van der Waals surface area contributed by atoms with Crippen molar-refractivity contribution >= 4 is 11.5 Å². The maximum Gasteiger partial charge on any atom is 0.128 e. The Hall–Kier alpha value is -1.29. The molecule has 2 rings (SSSR count). The molecule has 0 bridgehead atoms. The molecule has 1 unspecified atom stereocenters. The van der Waals surface area contributed by atoms with Gasteiger partial charge in [-0.05, 0) is 18.9 Å². The van der Waals surface area contributed by atoms with E-state index in [1.165, 1.54) is 0 Å². The van der Waals surface area contributed by atoms with Gasteiger partial charge in [-0.25, -0.2) is 4.98 Å². The quantitative estimate of drug-likeness (QED) is 0.740. The Morgan fingerprint density at radius 1 is 1.64 bits per heavy atom. The molecule has 1 fully saturated rings. The van der Waals surface area contributed by atoms with Gasteiger partial charge in [0.2, 0.25) is 0 Å². The first-order chi connectivity index (χ1) is 6.75. The van der Waals surface area contributed by atoms with E-state index in [2.05, 4.69) is 10.3 Å². The molecule has 0 aromatic carbocycles. The first-order valence-electron chi connectivity index (χ1n) is 4.82. The van der Waals surface area contributed by atoms with Crippen LogP contribution in [0.4, 0.5) is 11.5 Å². The summed E-state index contributed by atoms with van der Waals surface area (Å²) in [6.45, 7) is 3.54. The number of ether oxygens (including phenoxy) is 1. The molecule has 4 nitrogen and oxygen atoms in total. The topological polar surface area (TPSA) is 60.2 Å². The number of hydrogen-bond acceptors (Lipinski definition) is 4. The van der Waals surface area contributed by atoms with Crippen LogP contribution in [0, 0.1) is 6.92 Å². The second-order valence-corrected chi connectivity index (χ2v) is 3.63. The summed E-state index contributed by atoms with van der Waals surface area (Å²) in [7, 11) is 0. The van der Waals surface area contributed by atoms with Crippen molar-refractivity contribution in [2.45, 2.75) is 19.4 Å². The third-order valence-electron chi connectivity index (χ3n) is 2.43. The van der Waals surface area contributed by atoms with Crippen LogP contribution in [-0.2, 0) is 4.74 Å². The van der Waals surface area contributed by atoms with Crippen LogP contribution in [0.5, 0.6) is 0 Å². The van der Waals surface area contributed by atoms with E-state index in [1.54, 1.807) is 6.20 Å². The summed E-state index contributed by atoms with van der Waals surface area (Å²) >= 11 is 0. The molecule has 4 heteroatoms. The van der Waals surface area contributed by atoms with Gasteiger partial charge in [0.05, 0.1) is 12.6 Å². The Morgan fingerprint density at radius 2 is 2.50 bits per heavy atom. The van der Waals surface area contributed by atoms with E-state index >= 15 is 0 Å². The van der Waals surface area contributed by atoms with Gasteiger partial charge < -0.3 is 15.8 Å². The lowest BCUT2D eigenvalue weighted by Gasteiger charge is -2.11. The van der Waals surface area contributed by atoms with Gasteiger partial charge in [0.25, 0.3) is 0 Å². The molecule has 1 aromatic rings. The molecule has 0 amide bonds. The van der Waals surface area contributed by atoms with Crippen LogP contribution in [0.3, 0.4) is 0 Å². The van der Waals surface area contributed by atoms with Crippen LogP contribution in [0.1, 0.15) is 12.0 Å². The largest absolute Gasteiger partial charge is 0.398 e. The van der Waals surface area contributed by atoms with Crippen LogP contribution in [0.15, 0.2) is 12.3 Å². The fourth-order valence-corrected chi connectivity index (χ4v) is 1.48. The van der Waals surface area contributed by atoms with Gasteiger partial charge in [0.1, 0.15) is 5.82 Å². The molecule has 0 radical (unpaired) electrons. The summed E-state index contributed by atoms with van der Waals surface area (Å²) < 4.78 is 5.26. The van der Waals surface area contributed by atoms with Crippen LogP contribution >= 0.6 is 0 Å². The van der Waals surface area contributed by atoms with Crippen LogP contribution < -0.4 is 11.1 Å². The second kappa shape index (κ2) is 3.84. The van der Waals surface area contributed by atoms with E-state index in [9.17, 15) is 0 Å². The Bertz CT molecular complexity index is 321. The van der Waals surface area contributed by atoms with E-state index in [-0.39, 0.29) is 0 Å². The SMILES string of the molecule is Cc1cnc(NC2CCOC2)cc1N. The number of hydrogen-bond donors (Lipinski definition) is 2. The minimum atomic E-state index is 0.379. The van der Waals surface area contributed by atoms with Crippen molar-refractivity contribution in [2.24, 2.45) is 0 Å². The van der Waals surface area contributed by atoms with E-state index < -0.39 is 0 Å². The molecule has 3 N–H and O–H groups in total. The molecule has 0 saturated carbocycles. The molecule has 1 aromatic heterocycles. The number of nitrogens with two attached hydrogens (primary N) is 1. The summed E-state index contributed by atoms with van der Waals surface area (Å²) in [6.07, 6.45) is 2.82. The van der Waals surface area contributed by atoms with Crippen LogP contribution in [0.25, 0.3) is 0 Å². The smallest absolute Gasteiger partial charge is 0.128 e. The molecule has 1 aliphatic heterocycles. The van der Waals surface area contributed by atoms with Gasteiger partial charge in [-0.1, -0.05) is 0 Å². The lowest BCUT2D eigenvalue weighted by Crippen LogP contribution is -2.19. The summed E-state index contributed by atoms with van der Waals surface area (Å²) in [4.78, 5) is 4.26. The number of aryl methyl sites for hydroxylation is 1. The molecule has 14 heavy (non-hydrogen) atoms. The van der Waals surface area contributed by atoms with Crippen molar-refractivity contribution in [2.75, 3.05) is 24.3 Å². The third kappa shape index (κ3) is 1.96. The number of nitrogen functional groups attached to an aromatic ring is 1. The van der Waals surface area contributed by atoms with Gasteiger partial charge >= 0.3 is 0 Å². The summed E-state index contributed by atoms with van der Waals surface area (Å²) in [6, 6.07) is 2.25. The minimum Gasteiger partial charge on any atom is -0.398 e. The zero-order valence-electron chi connectivity index (χ0n) is 8.29. The van der Waals surface area contributed by atoms with Crippen molar-refractivity contribution < 1.29 is 4.74 Å². The highest BCUT2D eigenvalue weighted by Gasteiger charge is 2.15. The maximum absolute atomic E-state index is 5.78. The van der Waals surface area contributed by atoms with Crippen molar-refractivity contribution in [3.05, 3.63) is 17.8 Å². The Labute approximate surface area is 83.5 Å². The Morgan fingerprint density at radius 3 is 3.14 bits per heavy atom. The summed E-state index contributed by atoms with van der Waals surface area (Å²) in [5.74, 6) is 0.837. The zero-order valence-corrected chi connectivity index (χ0v) is 8.29. The molecule has 0 spiro atoms. The molecule has 1 saturated heterocycles. The number of anilines is 2. The highest BCUT2D eigenvalue weighted by molar-refractivity contribution is 5.53. The molecule has 0 aliphatic carbocycles. The molecule has 1 atom stereocenters. The highest BCUT2D eigenvalue weighted by Crippen LogP contribution is 2.16. The lowest BCUT2D eigenvalue weighted by molar-refractivity contribution is 0.195. The first kappa shape index (κ1) is 9.27. The average Bonchev–Trinajstić information content (AvgIpc) is 2.64. The Balaban J connectivity index is 2.05. The maximum atomic E-state index is 5.78. The van der Waals surface area contributed by atoms with Gasteiger partial charge in [-0.15, -0.1) is 0 Å². The molecular formula is C10H15N3O. The van der Waals surface area contributed by atoms with E-state index in [1.807, 2.05) is 13.0 Å². The van der Waals surface area contributed by atoms with E-state index in [0.717, 1.165) is 36.7 Å². The second-order valence-electron chi connectivity index (χ2n) is 3.63. The number of rotatable bonds is 2. The summed E-state index contributed by atoms with van der Waals surface area (Å²) in [5, 5.41) is 3.29. The molecular weight excluding hydrogens is 178 g/mol. The molecule has 2 heterocycles. The normalized spacial score (nSPS) is 21.1. The number of pyridine rings is 1. The predicted molar refractivity (Wildman–Crippen MR) is 56.2 cm³/mol. The molecule has 1 aliphatic rings. The monoisotopic (exact) mass is 193 g/mol. The van der Waals surface area contributed by atoms with Gasteiger partial charge in [-0.2, -0.15) is 0 Å². The highest BCUT2D eigenvalue weighted by atomic mass is 16.5. The Kier molecular flexibility index (Phi) is 2.54. The van der Waals surface area contributed by atoms with Crippen molar-refractivity contribution in [1.82, 2.24) is 4.98 Å². The minimum absolute atomic E-state index is 0.379. The standard InChI is InChI=1S/C10H15N3O/c1-7-5-12-10(4-9(7)11)13-8-2-3-14-6-8/h4-5,8H,2-3,6H2,1H3,(H3,11,12,13). The van der Waals surface area contributed by atoms with E-state index in [0.29, 0.717) is 6.04 Å². The number of aromatic nitrogens is 1. The van der Waals surface area contributed by atoms with Crippen LogP contribution in [0.2, 0.25) is 0 Å². The third-order valence-corrected chi connectivity index (χ3v) is 2.43. The summed E-state index contributed by atoms with van der Waals surface area (Å²) in [5.41, 5.74) is 7.57. The van der Waals surface area contributed by atoms with Crippen LogP contribution in [-0.4, -0.2) is 24.2 Å². The zero-order chi connectivity index (χ0) is 9.97. The van der Waals surface area contributed by atoms with Crippen molar-refractivity contribution in [1.29, 1.82) is 0 Å².